The van der Waals surface area contributed by atoms with Gasteiger partial charge in [0, 0.05) is 0 Å². The lowest BCUT2D eigenvalue weighted by atomic mass is 10.0. The number of halogens is 1. The molecule has 0 heterocycles. The third-order valence-corrected chi connectivity index (χ3v) is 2.43. The van der Waals surface area contributed by atoms with Crippen LogP contribution in [-0.2, 0) is 0 Å². The molecule has 0 amide bonds. The fourth-order valence-corrected chi connectivity index (χ4v) is 1.46. The molecule has 0 saturated heterocycles. The second-order valence-corrected chi connectivity index (χ2v) is 3.63. The molecule has 0 aliphatic rings. The average Bonchev–Trinajstić information content (AvgIpc) is 2.28. The molecule has 0 aliphatic carbocycles. The molecule has 0 fully saturated rings. The monoisotopic (exact) mass is 236 g/mol. The molecular formula is C11H9ClN2O2. The minimum Gasteiger partial charge on any atom is -0.389 e. The van der Waals surface area contributed by atoms with Crippen molar-refractivity contribution in [2.75, 3.05) is 0 Å². The van der Waals surface area contributed by atoms with Gasteiger partial charge in [-0.05, 0) is 17.7 Å². The molecule has 16 heavy (non-hydrogen) atoms. The van der Waals surface area contributed by atoms with Gasteiger partial charge in [-0.3, -0.25) is 0 Å². The van der Waals surface area contributed by atoms with E-state index < -0.39 is 12.2 Å². The molecule has 5 heteroatoms. The summed E-state index contributed by atoms with van der Waals surface area (Å²) in [4.78, 5) is 0. The molecule has 0 saturated carbocycles. The molecule has 0 radical (unpaired) electrons. The maximum atomic E-state index is 9.67. The Hall–Kier alpha value is -1.59. The highest BCUT2D eigenvalue weighted by molar-refractivity contribution is 6.31. The summed E-state index contributed by atoms with van der Waals surface area (Å²) in [7, 11) is 0. The van der Waals surface area contributed by atoms with Gasteiger partial charge in [0.15, 0.2) is 0 Å². The molecule has 1 aromatic carbocycles. The lowest BCUT2D eigenvalue weighted by Gasteiger charge is -2.15. The number of rotatable bonds is 3. The first-order valence-electron chi connectivity index (χ1n) is 4.52. The number of benzene rings is 1. The first kappa shape index (κ1) is 12.5. The summed E-state index contributed by atoms with van der Waals surface area (Å²) in [5.74, 6) is 0. The van der Waals surface area contributed by atoms with Gasteiger partial charge >= 0.3 is 0 Å². The number of nitrogens with zero attached hydrogens (tertiary/aromatic N) is 2. The maximum absolute atomic E-state index is 9.67. The van der Waals surface area contributed by atoms with Crippen LogP contribution in [0.1, 0.15) is 23.7 Å². The second kappa shape index (κ2) is 5.48. The van der Waals surface area contributed by atoms with Gasteiger partial charge in [0.1, 0.15) is 12.2 Å². The summed E-state index contributed by atoms with van der Waals surface area (Å²) < 4.78 is 0. The molecule has 1 rings (SSSR count). The first-order chi connectivity index (χ1) is 7.60. The Kier molecular flexibility index (Phi) is 4.28. The fraction of sp³-hybridized carbons (Fsp3) is 0.273. The molecular weight excluding hydrogens is 228 g/mol. The maximum Gasteiger partial charge on any atom is 0.106 e. The van der Waals surface area contributed by atoms with E-state index in [-0.39, 0.29) is 11.4 Å². The quantitative estimate of drug-likeness (QED) is 0.833. The van der Waals surface area contributed by atoms with E-state index in [0.717, 1.165) is 0 Å². The van der Waals surface area contributed by atoms with E-state index in [4.69, 9.17) is 22.1 Å². The van der Waals surface area contributed by atoms with Crippen molar-refractivity contribution in [2.45, 2.75) is 18.6 Å². The predicted octanol–water partition coefficient (Wildman–Crippen LogP) is 1.52. The van der Waals surface area contributed by atoms with E-state index in [1.807, 2.05) is 6.07 Å². The summed E-state index contributed by atoms with van der Waals surface area (Å²) in [5.41, 5.74) is 0.680. The van der Waals surface area contributed by atoms with Crippen LogP contribution in [0.2, 0.25) is 5.02 Å². The van der Waals surface area contributed by atoms with E-state index in [1.54, 1.807) is 6.07 Å². The minimum absolute atomic E-state index is 0.168. The van der Waals surface area contributed by atoms with Gasteiger partial charge in [-0.15, -0.1) is 0 Å². The summed E-state index contributed by atoms with van der Waals surface area (Å²) in [6.45, 7) is 0. The smallest absolute Gasteiger partial charge is 0.106 e. The van der Waals surface area contributed by atoms with Crippen molar-refractivity contribution >= 4 is 11.6 Å². The topological polar surface area (TPSA) is 88.0 Å². The van der Waals surface area contributed by atoms with E-state index in [0.29, 0.717) is 11.1 Å². The van der Waals surface area contributed by atoms with E-state index in [1.165, 1.54) is 18.2 Å². The zero-order chi connectivity index (χ0) is 12.1. The van der Waals surface area contributed by atoms with Gasteiger partial charge in [-0.1, -0.05) is 17.7 Å². The Morgan fingerprint density at radius 3 is 2.50 bits per heavy atom. The molecule has 0 aromatic heterocycles. The van der Waals surface area contributed by atoms with Gasteiger partial charge in [-0.2, -0.15) is 10.5 Å². The number of aliphatic hydroxyl groups excluding tert-OH is 2. The van der Waals surface area contributed by atoms with Crippen molar-refractivity contribution < 1.29 is 10.2 Å². The van der Waals surface area contributed by atoms with Crippen LogP contribution < -0.4 is 0 Å². The van der Waals surface area contributed by atoms with Crippen molar-refractivity contribution in [3.05, 3.63) is 34.3 Å². The van der Waals surface area contributed by atoms with E-state index in [2.05, 4.69) is 0 Å². The predicted molar refractivity (Wildman–Crippen MR) is 57.4 cm³/mol. The third kappa shape index (κ3) is 2.71. The SMILES string of the molecule is N#CCC(O)C(O)c1ccc(C#N)c(Cl)c1. The fourth-order valence-electron chi connectivity index (χ4n) is 1.23. The van der Waals surface area contributed by atoms with Crippen LogP contribution in [0.5, 0.6) is 0 Å². The van der Waals surface area contributed by atoms with Crippen LogP contribution in [0, 0.1) is 22.7 Å². The van der Waals surface area contributed by atoms with E-state index >= 15 is 0 Å². The molecule has 0 spiro atoms. The Balaban J connectivity index is 2.94. The lowest BCUT2D eigenvalue weighted by Crippen LogP contribution is -2.17. The van der Waals surface area contributed by atoms with Crippen molar-refractivity contribution in [3.63, 3.8) is 0 Å². The first-order valence-corrected chi connectivity index (χ1v) is 4.90. The normalized spacial score (nSPS) is 13.6. The molecule has 2 N–H and O–H groups in total. The van der Waals surface area contributed by atoms with Gasteiger partial charge in [0.05, 0.1) is 29.2 Å². The van der Waals surface area contributed by atoms with Crippen LogP contribution >= 0.6 is 11.6 Å². The summed E-state index contributed by atoms with van der Waals surface area (Å²) in [6, 6.07) is 8.01. The van der Waals surface area contributed by atoms with Crippen LogP contribution in [0.15, 0.2) is 18.2 Å². The van der Waals surface area contributed by atoms with Crippen LogP contribution in [0.4, 0.5) is 0 Å². The standard InChI is InChI=1S/C11H9ClN2O2/c12-9-5-7(1-2-8(9)6-14)11(16)10(15)3-4-13/h1-2,5,10-11,15-16H,3H2. The Morgan fingerprint density at radius 1 is 1.31 bits per heavy atom. The van der Waals surface area contributed by atoms with Gasteiger partial charge in [0.25, 0.3) is 0 Å². The van der Waals surface area contributed by atoms with Crippen LogP contribution in [-0.4, -0.2) is 16.3 Å². The summed E-state index contributed by atoms with van der Waals surface area (Å²) in [6.07, 6.45) is -2.50. The average molecular weight is 237 g/mol. The third-order valence-electron chi connectivity index (χ3n) is 2.12. The van der Waals surface area contributed by atoms with Gasteiger partial charge in [-0.25, -0.2) is 0 Å². The van der Waals surface area contributed by atoms with Crippen molar-refractivity contribution in [1.29, 1.82) is 10.5 Å². The van der Waals surface area contributed by atoms with Gasteiger partial charge < -0.3 is 10.2 Å². The molecule has 0 aliphatic heterocycles. The number of hydrogen-bond donors (Lipinski definition) is 2. The highest BCUT2D eigenvalue weighted by Crippen LogP contribution is 2.24. The molecule has 0 bridgehead atoms. The number of nitriles is 2. The number of hydrogen-bond acceptors (Lipinski definition) is 4. The van der Waals surface area contributed by atoms with E-state index in [9.17, 15) is 10.2 Å². The Morgan fingerprint density at radius 2 is 2.00 bits per heavy atom. The van der Waals surface area contributed by atoms with Crippen molar-refractivity contribution in [1.82, 2.24) is 0 Å². The zero-order valence-corrected chi connectivity index (χ0v) is 9.02. The van der Waals surface area contributed by atoms with Crippen molar-refractivity contribution in [2.24, 2.45) is 0 Å². The zero-order valence-electron chi connectivity index (χ0n) is 8.26. The molecule has 2 atom stereocenters. The summed E-state index contributed by atoms with van der Waals surface area (Å²) in [5, 5.41) is 36.3. The second-order valence-electron chi connectivity index (χ2n) is 3.23. The largest absolute Gasteiger partial charge is 0.389 e. The van der Waals surface area contributed by atoms with Crippen LogP contribution in [0.25, 0.3) is 0 Å². The Labute approximate surface area is 97.9 Å². The molecule has 82 valence electrons. The minimum atomic E-state index is -1.18. The van der Waals surface area contributed by atoms with Gasteiger partial charge in [0.2, 0.25) is 0 Å². The highest BCUT2D eigenvalue weighted by atomic mass is 35.5. The lowest BCUT2D eigenvalue weighted by molar-refractivity contribution is 0.0216. The molecule has 1 aromatic rings. The molecule has 2 unspecified atom stereocenters. The van der Waals surface area contributed by atoms with Crippen LogP contribution in [0.3, 0.4) is 0 Å². The Bertz CT molecular complexity index is 462. The number of aliphatic hydroxyl groups is 2. The molecule has 4 nitrogen and oxygen atoms in total. The highest BCUT2D eigenvalue weighted by Gasteiger charge is 2.18. The summed E-state index contributed by atoms with van der Waals surface area (Å²) >= 11 is 5.78. The van der Waals surface area contributed by atoms with Crippen molar-refractivity contribution in [3.8, 4) is 12.1 Å².